The Kier molecular flexibility index (Phi) is 4.06. The predicted octanol–water partition coefficient (Wildman–Crippen LogP) is 4.99. The van der Waals surface area contributed by atoms with Crippen LogP contribution in [-0.2, 0) is 13.0 Å². The van der Waals surface area contributed by atoms with E-state index in [1.54, 1.807) is 4.88 Å². The smallest absolute Gasteiger partial charge is 0.0334 e. The van der Waals surface area contributed by atoms with Crippen LogP contribution in [0.15, 0.2) is 34.1 Å². The van der Waals surface area contributed by atoms with Crippen molar-refractivity contribution in [3.63, 3.8) is 0 Å². The highest BCUT2D eigenvalue weighted by Gasteiger charge is 2.20. The Hall–Kier alpha value is -0.640. The van der Waals surface area contributed by atoms with Crippen LogP contribution in [0.2, 0.25) is 0 Å². The minimum atomic E-state index is 0.531. The zero-order valence-electron chi connectivity index (χ0n) is 11.1. The molecule has 1 nitrogen and oxygen atoms in total. The summed E-state index contributed by atoms with van der Waals surface area (Å²) >= 11 is 5.57. The van der Waals surface area contributed by atoms with Gasteiger partial charge >= 0.3 is 0 Å². The molecule has 1 aliphatic rings. The molecular formula is C16H18BrNS. The molecule has 0 amide bonds. The number of halogens is 1. The third kappa shape index (κ3) is 2.93. The number of fused-ring (bicyclic) bond motifs is 1. The minimum Gasteiger partial charge on any atom is -0.306 e. The van der Waals surface area contributed by atoms with Crippen LogP contribution in [0.25, 0.3) is 0 Å². The number of aryl methyl sites for hydroxylation is 2. The number of nitrogens with one attached hydrogen (secondary N) is 1. The SMILES string of the molecule is Cc1ccc(CNC2CCCc3sccc32)c(Br)c1. The summed E-state index contributed by atoms with van der Waals surface area (Å²) in [5.41, 5.74) is 4.17. The molecule has 100 valence electrons. The Labute approximate surface area is 127 Å². The van der Waals surface area contributed by atoms with Crippen LogP contribution < -0.4 is 5.32 Å². The molecule has 0 aliphatic heterocycles. The molecule has 3 rings (SSSR count). The molecule has 1 unspecified atom stereocenters. The maximum Gasteiger partial charge on any atom is 0.0334 e. The second kappa shape index (κ2) is 5.78. The summed E-state index contributed by atoms with van der Waals surface area (Å²) in [7, 11) is 0. The standard InChI is InChI=1S/C16H18BrNS/c1-11-5-6-12(14(17)9-11)10-18-15-3-2-4-16-13(15)7-8-19-16/h5-9,15,18H,2-4,10H2,1H3. The van der Waals surface area contributed by atoms with E-state index in [9.17, 15) is 0 Å². The van der Waals surface area contributed by atoms with E-state index in [-0.39, 0.29) is 0 Å². The molecule has 2 aromatic rings. The lowest BCUT2D eigenvalue weighted by molar-refractivity contribution is 0.462. The molecule has 1 aromatic heterocycles. The van der Waals surface area contributed by atoms with Crippen LogP contribution in [0, 0.1) is 6.92 Å². The summed E-state index contributed by atoms with van der Waals surface area (Å²) in [6, 6.07) is 9.40. The third-order valence-corrected chi connectivity index (χ3v) is 5.53. The predicted molar refractivity (Wildman–Crippen MR) is 85.7 cm³/mol. The van der Waals surface area contributed by atoms with E-state index >= 15 is 0 Å². The van der Waals surface area contributed by atoms with E-state index in [4.69, 9.17) is 0 Å². The lowest BCUT2D eigenvalue weighted by Gasteiger charge is -2.24. The van der Waals surface area contributed by atoms with Crippen molar-refractivity contribution in [2.45, 2.75) is 38.8 Å². The first-order chi connectivity index (χ1) is 9.24. The van der Waals surface area contributed by atoms with Gasteiger partial charge < -0.3 is 5.32 Å². The van der Waals surface area contributed by atoms with Gasteiger partial charge in [0.05, 0.1) is 0 Å². The van der Waals surface area contributed by atoms with Gasteiger partial charge in [0.15, 0.2) is 0 Å². The quantitative estimate of drug-likeness (QED) is 0.833. The van der Waals surface area contributed by atoms with Crippen molar-refractivity contribution < 1.29 is 0 Å². The van der Waals surface area contributed by atoms with Crippen molar-refractivity contribution in [3.05, 3.63) is 55.7 Å². The lowest BCUT2D eigenvalue weighted by atomic mass is 9.94. The Morgan fingerprint density at radius 3 is 3.11 bits per heavy atom. The van der Waals surface area contributed by atoms with E-state index in [1.165, 1.54) is 40.4 Å². The van der Waals surface area contributed by atoms with Gasteiger partial charge in [-0.1, -0.05) is 28.1 Å². The average Bonchev–Trinajstić information content (AvgIpc) is 2.86. The Bertz CT molecular complexity index is 576. The summed E-state index contributed by atoms with van der Waals surface area (Å²) in [5.74, 6) is 0. The third-order valence-electron chi connectivity index (χ3n) is 3.80. The molecule has 19 heavy (non-hydrogen) atoms. The Balaban J connectivity index is 1.71. The molecule has 0 saturated carbocycles. The molecular weight excluding hydrogens is 318 g/mol. The maximum absolute atomic E-state index is 3.72. The number of hydrogen-bond acceptors (Lipinski definition) is 2. The van der Waals surface area contributed by atoms with Gasteiger partial charge in [-0.25, -0.2) is 0 Å². The van der Waals surface area contributed by atoms with Gasteiger partial charge in [0.25, 0.3) is 0 Å². The number of thiophene rings is 1. The zero-order valence-corrected chi connectivity index (χ0v) is 13.5. The van der Waals surface area contributed by atoms with Gasteiger partial charge in [-0.05, 0) is 60.4 Å². The number of hydrogen-bond donors (Lipinski definition) is 1. The zero-order chi connectivity index (χ0) is 13.2. The highest BCUT2D eigenvalue weighted by molar-refractivity contribution is 9.10. The van der Waals surface area contributed by atoms with Crippen molar-refractivity contribution in [2.75, 3.05) is 0 Å². The van der Waals surface area contributed by atoms with E-state index < -0.39 is 0 Å². The molecule has 1 atom stereocenters. The summed E-state index contributed by atoms with van der Waals surface area (Å²) in [4.78, 5) is 1.58. The topological polar surface area (TPSA) is 12.0 Å². The number of benzene rings is 1. The molecule has 0 fully saturated rings. The number of rotatable bonds is 3. The van der Waals surface area contributed by atoms with Crippen molar-refractivity contribution in [1.29, 1.82) is 0 Å². The van der Waals surface area contributed by atoms with Gasteiger partial charge in [-0.2, -0.15) is 0 Å². The molecule has 0 saturated heterocycles. The van der Waals surface area contributed by atoms with Crippen LogP contribution in [0.3, 0.4) is 0 Å². The van der Waals surface area contributed by atoms with Crippen LogP contribution in [-0.4, -0.2) is 0 Å². The molecule has 1 aromatic carbocycles. The van der Waals surface area contributed by atoms with Crippen molar-refractivity contribution in [3.8, 4) is 0 Å². The van der Waals surface area contributed by atoms with Crippen LogP contribution in [0.1, 0.15) is 40.5 Å². The molecule has 1 aliphatic carbocycles. The fourth-order valence-electron chi connectivity index (χ4n) is 2.73. The maximum atomic E-state index is 3.72. The van der Waals surface area contributed by atoms with Crippen LogP contribution >= 0.6 is 27.3 Å². The molecule has 0 spiro atoms. The molecule has 0 bridgehead atoms. The fourth-order valence-corrected chi connectivity index (χ4v) is 4.35. The Morgan fingerprint density at radius 2 is 2.26 bits per heavy atom. The van der Waals surface area contributed by atoms with Crippen molar-refractivity contribution >= 4 is 27.3 Å². The van der Waals surface area contributed by atoms with Crippen molar-refractivity contribution in [2.24, 2.45) is 0 Å². The van der Waals surface area contributed by atoms with E-state index in [1.807, 2.05) is 11.3 Å². The average molecular weight is 336 g/mol. The summed E-state index contributed by atoms with van der Waals surface area (Å²) < 4.78 is 1.21. The van der Waals surface area contributed by atoms with Crippen molar-refractivity contribution in [1.82, 2.24) is 5.32 Å². The molecule has 1 heterocycles. The largest absolute Gasteiger partial charge is 0.306 e. The monoisotopic (exact) mass is 335 g/mol. The van der Waals surface area contributed by atoms with Crippen LogP contribution in [0.5, 0.6) is 0 Å². The first kappa shape index (κ1) is 13.3. The normalized spacial score (nSPS) is 18.3. The molecule has 0 radical (unpaired) electrons. The summed E-state index contributed by atoms with van der Waals surface area (Å²) in [6.45, 7) is 3.06. The first-order valence-corrected chi connectivity index (χ1v) is 8.46. The van der Waals surface area contributed by atoms with E-state index in [2.05, 4.69) is 57.8 Å². The van der Waals surface area contributed by atoms with Gasteiger partial charge in [-0.3, -0.25) is 0 Å². The van der Waals surface area contributed by atoms with Gasteiger partial charge in [0.2, 0.25) is 0 Å². The summed E-state index contributed by atoms with van der Waals surface area (Å²) in [6.07, 6.45) is 3.83. The van der Waals surface area contributed by atoms with E-state index in [0.717, 1.165) is 6.54 Å². The highest BCUT2D eigenvalue weighted by Crippen LogP contribution is 2.33. The fraction of sp³-hybridized carbons (Fsp3) is 0.375. The lowest BCUT2D eigenvalue weighted by Crippen LogP contribution is -2.24. The minimum absolute atomic E-state index is 0.531. The van der Waals surface area contributed by atoms with Gasteiger partial charge in [0.1, 0.15) is 0 Å². The second-order valence-corrected chi connectivity index (χ2v) is 7.07. The first-order valence-electron chi connectivity index (χ1n) is 6.79. The van der Waals surface area contributed by atoms with Gasteiger partial charge in [0, 0.05) is 21.9 Å². The molecule has 1 N–H and O–H groups in total. The Morgan fingerprint density at radius 1 is 1.37 bits per heavy atom. The van der Waals surface area contributed by atoms with Crippen LogP contribution in [0.4, 0.5) is 0 Å². The summed E-state index contributed by atoms with van der Waals surface area (Å²) in [5, 5.41) is 5.95. The van der Waals surface area contributed by atoms with Gasteiger partial charge in [-0.15, -0.1) is 11.3 Å². The molecule has 3 heteroatoms. The van der Waals surface area contributed by atoms with E-state index in [0.29, 0.717) is 6.04 Å². The second-order valence-electron chi connectivity index (χ2n) is 5.22. The highest BCUT2D eigenvalue weighted by atomic mass is 79.9.